The van der Waals surface area contributed by atoms with Gasteiger partial charge in [0, 0.05) is 30.2 Å². The predicted molar refractivity (Wildman–Crippen MR) is 93.5 cm³/mol. The van der Waals surface area contributed by atoms with Gasteiger partial charge in [0.1, 0.15) is 5.01 Å². The predicted octanol–water partition coefficient (Wildman–Crippen LogP) is 1.67. The number of carbonyl (C=O) groups excluding carboxylic acids is 1. The van der Waals surface area contributed by atoms with Crippen molar-refractivity contribution in [3.8, 4) is 0 Å². The Labute approximate surface area is 139 Å². The van der Waals surface area contributed by atoms with Gasteiger partial charge in [0.05, 0.1) is 6.54 Å². The van der Waals surface area contributed by atoms with Crippen LogP contribution in [0.4, 0.5) is 0 Å². The molecule has 0 bridgehead atoms. The van der Waals surface area contributed by atoms with Gasteiger partial charge < -0.3 is 16.4 Å². The molecule has 0 saturated carbocycles. The Morgan fingerprint density at radius 1 is 1.26 bits per heavy atom. The first kappa shape index (κ1) is 17.0. The molecular weight excluding hydrogens is 310 g/mol. The molecule has 0 radical (unpaired) electrons. The third-order valence-corrected chi connectivity index (χ3v) is 4.42. The van der Waals surface area contributed by atoms with Crippen LogP contribution in [0, 0.1) is 0 Å². The Bertz CT molecular complexity index is 678. The number of primary amides is 1. The van der Waals surface area contributed by atoms with Gasteiger partial charge in [-0.2, -0.15) is 0 Å². The van der Waals surface area contributed by atoms with Gasteiger partial charge in [-0.1, -0.05) is 19.1 Å². The summed E-state index contributed by atoms with van der Waals surface area (Å²) in [7, 11) is 1.73. The number of thiazole rings is 1. The summed E-state index contributed by atoms with van der Waals surface area (Å²) in [5.74, 6) is 0.286. The van der Waals surface area contributed by atoms with Crippen LogP contribution >= 0.6 is 11.3 Å². The van der Waals surface area contributed by atoms with Crippen LogP contribution < -0.4 is 16.4 Å². The van der Waals surface area contributed by atoms with E-state index in [1.165, 1.54) is 4.88 Å². The number of nitrogens with one attached hydrogen (secondary N) is 2. The van der Waals surface area contributed by atoms with E-state index in [2.05, 4.69) is 27.5 Å². The van der Waals surface area contributed by atoms with E-state index in [-0.39, 0.29) is 0 Å². The van der Waals surface area contributed by atoms with E-state index in [4.69, 9.17) is 5.73 Å². The SMILES string of the molecule is CCc1cnc(CNC(=NC)NCc2ccc(C(N)=O)cc2)s1. The number of nitrogens with zero attached hydrogens (tertiary/aromatic N) is 2. The molecule has 2 rings (SSSR count). The fourth-order valence-electron chi connectivity index (χ4n) is 1.95. The van der Waals surface area contributed by atoms with E-state index in [9.17, 15) is 4.79 Å². The van der Waals surface area contributed by atoms with Gasteiger partial charge in [0.15, 0.2) is 5.96 Å². The number of benzene rings is 1. The summed E-state index contributed by atoms with van der Waals surface area (Å²) in [5.41, 5.74) is 6.77. The topological polar surface area (TPSA) is 92.4 Å². The molecule has 0 atom stereocenters. The minimum Gasteiger partial charge on any atom is -0.366 e. The van der Waals surface area contributed by atoms with Crippen molar-refractivity contribution in [1.82, 2.24) is 15.6 Å². The van der Waals surface area contributed by atoms with Gasteiger partial charge in [0.25, 0.3) is 0 Å². The zero-order chi connectivity index (χ0) is 16.7. The maximum absolute atomic E-state index is 11.0. The number of aryl methyl sites for hydroxylation is 1. The van der Waals surface area contributed by atoms with Gasteiger partial charge in [0.2, 0.25) is 5.91 Å². The van der Waals surface area contributed by atoms with Crippen LogP contribution in [0.1, 0.15) is 32.7 Å². The summed E-state index contributed by atoms with van der Waals surface area (Å²) >= 11 is 1.70. The molecule has 23 heavy (non-hydrogen) atoms. The third kappa shape index (κ3) is 5.07. The minimum absolute atomic E-state index is 0.420. The van der Waals surface area contributed by atoms with Crippen molar-refractivity contribution < 1.29 is 4.79 Å². The molecule has 1 heterocycles. The first-order valence-electron chi connectivity index (χ1n) is 7.39. The summed E-state index contributed by atoms with van der Waals surface area (Å²) in [6.07, 6.45) is 2.92. The van der Waals surface area contributed by atoms with Crippen molar-refractivity contribution in [2.24, 2.45) is 10.7 Å². The molecule has 0 aliphatic heterocycles. The molecule has 0 fully saturated rings. The van der Waals surface area contributed by atoms with E-state index in [1.54, 1.807) is 30.5 Å². The second kappa shape index (κ2) is 8.28. The van der Waals surface area contributed by atoms with Gasteiger partial charge in [-0.05, 0) is 24.1 Å². The molecule has 0 aliphatic rings. The maximum Gasteiger partial charge on any atom is 0.248 e. The zero-order valence-corrected chi connectivity index (χ0v) is 14.1. The van der Waals surface area contributed by atoms with Gasteiger partial charge in [-0.25, -0.2) is 4.98 Å². The maximum atomic E-state index is 11.0. The van der Waals surface area contributed by atoms with Crippen molar-refractivity contribution in [3.05, 3.63) is 51.5 Å². The average molecular weight is 331 g/mol. The van der Waals surface area contributed by atoms with Gasteiger partial charge in [-0.3, -0.25) is 9.79 Å². The largest absolute Gasteiger partial charge is 0.366 e. The lowest BCUT2D eigenvalue weighted by Gasteiger charge is -2.11. The molecule has 122 valence electrons. The standard InChI is InChI=1S/C16H21N5OS/c1-3-13-9-19-14(23-13)10-21-16(18-2)20-8-11-4-6-12(7-5-11)15(17)22/h4-7,9H,3,8,10H2,1-2H3,(H2,17,22)(H2,18,20,21). The van der Waals surface area contributed by atoms with E-state index in [0.29, 0.717) is 24.6 Å². The number of hydrogen-bond donors (Lipinski definition) is 3. The number of carbonyl (C=O) groups is 1. The summed E-state index contributed by atoms with van der Waals surface area (Å²) in [6, 6.07) is 7.18. The minimum atomic E-state index is -0.420. The number of hydrogen-bond acceptors (Lipinski definition) is 4. The summed E-state index contributed by atoms with van der Waals surface area (Å²) < 4.78 is 0. The quantitative estimate of drug-likeness (QED) is 0.554. The number of aliphatic imine (C=N–C) groups is 1. The molecule has 1 aromatic carbocycles. The highest BCUT2D eigenvalue weighted by Gasteiger charge is 2.04. The smallest absolute Gasteiger partial charge is 0.248 e. The zero-order valence-electron chi connectivity index (χ0n) is 13.3. The van der Waals surface area contributed by atoms with E-state index < -0.39 is 5.91 Å². The molecule has 0 spiro atoms. The Hall–Kier alpha value is -2.41. The number of rotatable bonds is 6. The molecule has 1 aromatic heterocycles. The second-order valence-electron chi connectivity index (χ2n) is 4.91. The summed E-state index contributed by atoms with van der Waals surface area (Å²) in [4.78, 5) is 20.9. The van der Waals surface area contributed by atoms with Crippen LogP contribution in [0.2, 0.25) is 0 Å². The Kier molecular flexibility index (Phi) is 6.10. The molecule has 1 amide bonds. The highest BCUT2D eigenvalue weighted by molar-refractivity contribution is 7.11. The lowest BCUT2D eigenvalue weighted by Crippen LogP contribution is -2.36. The average Bonchev–Trinajstić information content (AvgIpc) is 3.03. The normalized spacial score (nSPS) is 11.3. The fourth-order valence-corrected chi connectivity index (χ4v) is 2.75. The van der Waals surface area contributed by atoms with Crippen molar-refractivity contribution >= 4 is 23.2 Å². The van der Waals surface area contributed by atoms with Crippen LogP contribution in [0.25, 0.3) is 0 Å². The second-order valence-corrected chi connectivity index (χ2v) is 6.11. The van der Waals surface area contributed by atoms with Crippen molar-refractivity contribution in [2.75, 3.05) is 7.05 Å². The monoisotopic (exact) mass is 331 g/mol. The third-order valence-electron chi connectivity index (χ3n) is 3.28. The molecule has 6 nitrogen and oxygen atoms in total. The first-order valence-corrected chi connectivity index (χ1v) is 8.21. The van der Waals surface area contributed by atoms with E-state index in [1.807, 2.05) is 18.3 Å². The summed E-state index contributed by atoms with van der Waals surface area (Å²) in [6.45, 7) is 3.37. The molecule has 0 saturated heterocycles. The molecule has 0 unspecified atom stereocenters. The highest BCUT2D eigenvalue weighted by Crippen LogP contribution is 2.12. The first-order chi connectivity index (χ1) is 11.1. The van der Waals surface area contributed by atoms with Gasteiger partial charge >= 0.3 is 0 Å². The number of aromatic nitrogens is 1. The molecule has 7 heteroatoms. The Morgan fingerprint density at radius 2 is 1.96 bits per heavy atom. The molecule has 4 N–H and O–H groups in total. The number of nitrogens with two attached hydrogens (primary N) is 1. The van der Waals surface area contributed by atoms with Crippen molar-refractivity contribution in [1.29, 1.82) is 0 Å². The van der Waals surface area contributed by atoms with E-state index >= 15 is 0 Å². The van der Waals surface area contributed by atoms with E-state index in [0.717, 1.165) is 17.0 Å². The summed E-state index contributed by atoms with van der Waals surface area (Å²) in [5, 5.41) is 7.50. The van der Waals surface area contributed by atoms with Crippen molar-refractivity contribution in [3.63, 3.8) is 0 Å². The lowest BCUT2D eigenvalue weighted by molar-refractivity contribution is 0.100. The number of guanidine groups is 1. The lowest BCUT2D eigenvalue weighted by atomic mass is 10.1. The Morgan fingerprint density at radius 3 is 2.52 bits per heavy atom. The molecule has 2 aromatic rings. The van der Waals surface area contributed by atoms with Crippen LogP contribution in [-0.4, -0.2) is 23.9 Å². The van der Waals surface area contributed by atoms with Crippen molar-refractivity contribution in [2.45, 2.75) is 26.4 Å². The van der Waals surface area contributed by atoms with Crippen LogP contribution in [0.15, 0.2) is 35.5 Å². The number of amides is 1. The molecular formula is C16H21N5OS. The van der Waals surface area contributed by atoms with Gasteiger partial charge in [-0.15, -0.1) is 11.3 Å². The highest BCUT2D eigenvalue weighted by atomic mass is 32.1. The van der Waals surface area contributed by atoms with Crippen LogP contribution in [0.5, 0.6) is 0 Å². The van der Waals surface area contributed by atoms with Crippen LogP contribution in [0.3, 0.4) is 0 Å². The molecule has 0 aliphatic carbocycles. The Balaban J connectivity index is 1.83. The fraction of sp³-hybridized carbons (Fsp3) is 0.312. The van der Waals surface area contributed by atoms with Crippen LogP contribution in [-0.2, 0) is 19.5 Å².